The maximum Gasteiger partial charge on any atom is 0.251 e. The minimum Gasteiger partial charge on any atom is -0.343 e. The first-order valence-corrected chi connectivity index (χ1v) is 9.98. The van der Waals surface area contributed by atoms with E-state index < -0.39 is 0 Å². The van der Waals surface area contributed by atoms with E-state index >= 15 is 0 Å². The summed E-state index contributed by atoms with van der Waals surface area (Å²) < 4.78 is 0. The highest BCUT2D eigenvalue weighted by molar-refractivity contribution is 5.96. The van der Waals surface area contributed by atoms with E-state index in [-0.39, 0.29) is 24.3 Å². The standard InChI is InChI=1S/C21H32N4O3/c1-5-24(6-2)20(27)15-23-7-9-25(10-8-23)19(26)14-22-21(28)18-12-16(3)11-17(4)13-18/h11-13H,5-10,14-15H2,1-4H3,(H,22,28). The second-order valence-electron chi connectivity index (χ2n) is 7.28. The van der Waals surface area contributed by atoms with Crippen LogP contribution in [0.15, 0.2) is 18.2 Å². The number of amides is 3. The molecule has 2 rings (SSSR count). The lowest BCUT2D eigenvalue weighted by Crippen LogP contribution is -2.53. The number of carbonyl (C=O) groups excluding carboxylic acids is 3. The van der Waals surface area contributed by atoms with E-state index in [1.165, 1.54) is 0 Å². The predicted octanol–water partition coefficient (Wildman–Crippen LogP) is 1.05. The van der Waals surface area contributed by atoms with E-state index in [4.69, 9.17) is 0 Å². The molecule has 0 bridgehead atoms. The molecule has 0 unspecified atom stereocenters. The summed E-state index contributed by atoms with van der Waals surface area (Å²) in [6, 6.07) is 5.64. The van der Waals surface area contributed by atoms with Gasteiger partial charge in [-0.25, -0.2) is 0 Å². The van der Waals surface area contributed by atoms with Crippen molar-refractivity contribution in [2.45, 2.75) is 27.7 Å². The Bertz CT molecular complexity index is 687. The molecular weight excluding hydrogens is 356 g/mol. The number of piperazine rings is 1. The zero-order valence-electron chi connectivity index (χ0n) is 17.5. The van der Waals surface area contributed by atoms with Gasteiger partial charge >= 0.3 is 0 Å². The van der Waals surface area contributed by atoms with Crippen LogP contribution >= 0.6 is 0 Å². The third-order valence-corrected chi connectivity index (χ3v) is 5.08. The van der Waals surface area contributed by atoms with Gasteiger partial charge in [-0.05, 0) is 39.8 Å². The van der Waals surface area contributed by atoms with Crippen LogP contribution in [0, 0.1) is 13.8 Å². The molecule has 0 aromatic heterocycles. The second-order valence-corrected chi connectivity index (χ2v) is 7.28. The molecule has 1 fully saturated rings. The Labute approximate surface area is 167 Å². The summed E-state index contributed by atoms with van der Waals surface area (Å²) in [6.07, 6.45) is 0. The number of benzene rings is 1. The quantitative estimate of drug-likeness (QED) is 0.758. The van der Waals surface area contributed by atoms with Gasteiger partial charge in [0.05, 0.1) is 13.1 Å². The molecule has 154 valence electrons. The molecule has 28 heavy (non-hydrogen) atoms. The summed E-state index contributed by atoms with van der Waals surface area (Å²) in [7, 11) is 0. The van der Waals surface area contributed by atoms with Crippen molar-refractivity contribution in [3.63, 3.8) is 0 Å². The number of rotatable bonds is 7. The van der Waals surface area contributed by atoms with E-state index in [0.717, 1.165) is 11.1 Å². The largest absolute Gasteiger partial charge is 0.343 e. The average molecular weight is 389 g/mol. The number of nitrogens with one attached hydrogen (secondary N) is 1. The fourth-order valence-corrected chi connectivity index (χ4v) is 3.50. The number of hydrogen-bond donors (Lipinski definition) is 1. The molecule has 0 saturated carbocycles. The monoisotopic (exact) mass is 388 g/mol. The molecule has 0 spiro atoms. The van der Waals surface area contributed by atoms with E-state index in [1.807, 2.05) is 50.8 Å². The Hall–Kier alpha value is -2.41. The minimum atomic E-state index is -0.233. The van der Waals surface area contributed by atoms with Crippen LogP contribution in [0.5, 0.6) is 0 Å². The molecule has 1 aromatic carbocycles. The second kappa shape index (κ2) is 10.2. The first-order chi connectivity index (χ1) is 13.3. The molecule has 0 radical (unpaired) electrons. The summed E-state index contributed by atoms with van der Waals surface area (Å²) in [5.41, 5.74) is 2.61. The van der Waals surface area contributed by atoms with Crippen molar-refractivity contribution in [1.29, 1.82) is 0 Å². The number of likely N-dealkylation sites (N-methyl/N-ethyl adjacent to an activating group) is 1. The Morgan fingerprint density at radius 2 is 1.54 bits per heavy atom. The van der Waals surface area contributed by atoms with Gasteiger partial charge in [0.25, 0.3) is 5.91 Å². The average Bonchev–Trinajstić information content (AvgIpc) is 2.66. The highest BCUT2D eigenvalue weighted by Gasteiger charge is 2.23. The third-order valence-electron chi connectivity index (χ3n) is 5.08. The first kappa shape index (κ1) is 21.9. The zero-order valence-corrected chi connectivity index (χ0v) is 17.5. The normalized spacial score (nSPS) is 14.6. The van der Waals surface area contributed by atoms with Gasteiger partial charge in [0, 0.05) is 44.8 Å². The maximum absolute atomic E-state index is 12.4. The van der Waals surface area contributed by atoms with Gasteiger partial charge in [-0.15, -0.1) is 0 Å². The Morgan fingerprint density at radius 1 is 0.964 bits per heavy atom. The number of hydrogen-bond acceptors (Lipinski definition) is 4. The molecule has 1 saturated heterocycles. The molecule has 1 aliphatic rings. The zero-order chi connectivity index (χ0) is 20.7. The summed E-state index contributed by atoms with van der Waals surface area (Å²) in [4.78, 5) is 42.6. The Balaban J connectivity index is 1.77. The molecular formula is C21H32N4O3. The smallest absolute Gasteiger partial charge is 0.251 e. The fraction of sp³-hybridized carbons (Fsp3) is 0.571. The lowest BCUT2D eigenvalue weighted by molar-refractivity contribution is -0.134. The van der Waals surface area contributed by atoms with Crippen LogP contribution < -0.4 is 5.32 Å². The Morgan fingerprint density at radius 3 is 2.07 bits per heavy atom. The van der Waals surface area contributed by atoms with Crippen LogP contribution in [0.1, 0.15) is 35.3 Å². The van der Waals surface area contributed by atoms with Crippen LogP contribution in [-0.2, 0) is 9.59 Å². The van der Waals surface area contributed by atoms with Gasteiger partial charge in [0.1, 0.15) is 0 Å². The molecule has 0 aliphatic carbocycles. The highest BCUT2D eigenvalue weighted by Crippen LogP contribution is 2.09. The molecule has 1 N–H and O–H groups in total. The Kier molecular flexibility index (Phi) is 7.99. The number of aryl methyl sites for hydroxylation is 2. The van der Waals surface area contributed by atoms with E-state index in [2.05, 4.69) is 10.2 Å². The molecule has 7 heteroatoms. The van der Waals surface area contributed by atoms with Crippen LogP contribution in [0.3, 0.4) is 0 Å². The highest BCUT2D eigenvalue weighted by atomic mass is 16.2. The lowest BCUT2D eigenvalue weighted by Gasteiger charge is -2.35. The van der Waals surface area contributed by atoms with E-state index in [1.54, 1.807) is 4.90 Å². The predicted molar refractivity (Wildman–Crippen MR) is 109 cm³/mol. The van der Waals surface area contributed by atoms with Gasteiger partial charge in [-0.2, -0.15) is 0 Å². The van der Waals surface area contributed by atoms with E-state index in [0.29, 0.717) is 51.4 Å². The van der Waals surface area contributed by atoms with Crippen molar-refractivity contribution in [2.24, 2.45) is 0 Å². The maximum atomic E-state index is 12.4. The first-order valence-electron chi connectivity index (χ1n) is 9.98. The summed E-state index contributed by atoms with van der Waals surface area (Å²) in [5.74, 6) is -0.193. The van der Waals surface area contributed by atoms with Gasteiger partial charge in [-0.1, -0.05) is 17.2 Å². The van der Waals surface area contributed by atoms with Crippen molar-refractivity contribution in [1.82, 2.24) is 20.0 Å². The minimum absolute atomic E-state index is 0.00972. The van der Waals surface area contributed by atoms with Crippen LogP contribution in [0.2, 0.25) is 0 Å². The summed E-state index contributed by atoms with van der Waals surface area (Å²) in [5, 5.41) is 2.72. The van der Waals surface area contributed by atoms with E-state index in [9.17, 15) is 14.4 Å². The van der Waals surface area contributed by atoms with Crippen LogP contribution in [0.25, 0.3) is 0 Å². The third kappa shape index (κ3) is 6.05. The molecule has 3 amide bonds. The van der Waals surface area contributed by atoms with Crippen molar-refractivity contribution in [3.8, 4) is 0 Å². The molecule has 0 atom stereocenters. The van der Waals surface area contributed by atoms with Crippen LogP contribution in [-0.4, -0.2) is 84.8 Å². The SMILES string of the molecule is CCN(CC)C(=O)CN1CCN(C(=O)CNC(=O)c2cc(C)cc(C)c2)CC1. The van der Waals surface area contributed by atoms with Gasteiger partial charge in [0.15, 0.2) is 0 Å². The molecule has 1 aromatic rings. The van der Waals surface area contributed by atoms with Crippen molar-refractivity contribution < 1.29 is 14.4 Å². The van der Waals surface area contributed by atoms with Gasteiger partial charge in [0.2, 0.25) is 11.8 Å². The lowest BCUT2D eigenvalue weighted by atomic mass is 10.1. The fourth-order valence-electron chi connectivity index (χ4n) is 3.50. The number of nitrogens with zero attached hydrogens (tertiary/aromatic N) is 3. The summed E-state index contributed by atoms with van der Waals surface area (Å²) in [6.45, 7) is 12.1. The topological polar surface area (TPSA) is 73.0 Å². The van der Waals surface area contributed by atoms with Crippen molar-refractivity contribution >= 4 is 17.7 Å². The van der Waals surface area contributed by atoms with Gasteiger partial charge < -0.3 is 15.1 Å². The molecule has 1 heterocycles. The molecule has 7 nitrogen and oxygen atoms in total. The van der Waals surface area contributed by atoms with Crippen molar-refractivity contribution in [2.75, 3.05) is 52.4 Å². The van der Waals surface area contributed by atoms with Crippen molar-refractivity contribution in [3.05, 3.63) is 34.9 Å². The van der Waals surface area contributed by atoms with Crippen LogP contribution in [0.4, 0.5) is 0 Å². The van der Waals surface area contributed by atoms with Gasteiger partial charge in [-0.3, -0.25) is 19.3 Å². The summed E-state index contributed by atoms with van der Waals surface area (Å²) >= 11 is 0. The number of carbonyl (C=O) groups is 3. The molecule has 1 aliphatic heterocycles.